The van der Waals surface area contributed by atoms with Crippen molar-refractivity contribution in [2.45, 2.75) is 13.3 Å². The zero-order valence-corrected chi connectivity index (χ0v) is 6.42. The van der Waals surface area contributed by atoms with E-state index in [1.807, 2.05) is 13.0 Å². The van der Waals surface area contributed by atoms with Gasteiger partial charge in [0.05, 0.1) is 7.11 Å². The normalized spacial score (nSPS) is 21.0. The van der Waals surface area contributed by atoms with E-state index in [0.29, 0.717) is 0 Å². The molecule has 1 heteroatoms. The van der Waals surface area contributed by atoms with Gasteiger partial charge in [-0.15, -0.1) is 0 Å². The van der Waals surface area contributed by atoms with E-state index in [4.69, 9.17) is 4.74 Å². The zero-order valence-electron chi connectivity index (χ0n) is 6.42. The van der Waals surface area contributed by atoms with Crippen LogP contribution in [-0.4, -0.2) is 7.11 Å². The molecule has 0 unspecified atom stereocenters. The van der Waals surface area contributed by atoms with Gasteiger partial charge >= 0.3 is 0 Å². The van der Waals surface area contributed by atoms with Gasteiger partial charge in [0.15, 0.2) is 0 Å². The second-order valence-corrected chi connectivity index (χ2v) is 2.15. The number of hydrogen-bond donors (Lipinski definition) is 0. The maximum atomic E-state index is 5.14. The number of allylic oxidation sites excluding steroid dienone is 4. The molecule has 1 rings (SSSR count). The van der Waals surface area contributed by atoms with E-state index in [1.165, 1.54) is 5.57 Å². The van der Waals surface area contributed by atoms with Crippen LogP contribution in [-0.2, 0) is 4.74 Å². The van der Waals surface area contributed by atoms with Gasteiger partial charge in [0.2, 0.25) is 0 Å². The van der Waals surface area contributed by atoms with Crippen molar-refractivity contribution in [3.63, 3.8) is 0 Å². The zero-order chi connectivity index (χ0) is 7.40. The van der Waals surface area contributed by atoms with E-state index >= 15 is 0 Å². The summed E-state index contributed by atoms with van der Waals surface area (Å²) in [6.45, 7) is 2.01. The highest BCUT2D eigenvalue weighted by molar-refractivity contribution is 5.38. The maximum Gasteiger partial charge on any atom is 0.122 e. The molecule has 0 aromatic carbocycles. The first-order chi connectivity index (χ1) is 4.88. The first-order valence-electron chi connectivity index (χ1n) is 3.46. The van der Waals surface area contributed by atoms with Gasteiger partial charge in [0, 0.05) is 5.57 Å². The Labute approximate surface area is 61.7 Å². The van der Waals surface area contributed by atoms with E-state index in [9.17, 15) is 0 Å². The minimum Gasteiger partial charge on any atom is -0.496 e. The highest BCUT2D eigenvalue weighted by Crippen LogP contribution is 2.17. The summed E-state index contributed by atoms with van der Waals surface area (Å²) >= 11 is 0. The summed E-state index contributed by atoms with van der Waals surface area (Å²) in [5, 5.41) is 0. The third kappa shape index (κ3) is 1.29. The summed E-state index contributed by atoms with van der Waals surface area (Å²) < 4.78 is 5.14. The molecule has 1 aliphatic rings. The van der Waals surface area contributed by atoms with Crippen molar-refractivity contribution in [2.75, 3.05) is 7.11 Å². The fraction of sp³-hybridized carbons (Fsp3) is 0.333. The summed E-state index contributed by atoms with van der Waals surface area (Å²) in [5.41, 5.74) is 1.17. The standard InChI is InChI=1S/C9H12O/c1-3-8-6-4-5-7-9(8)10-2/h3-4,6-7H,5H2,1-2H3/b8-3-. The Morgan fingerprint density at radius 1 is 1.60 bits per heavy atom. The number of methoxy groups -OCH3 is 1. The van der Waals surface area contributed by atoms with Gasteiger partial charge in [-0.1, -0.05) is 18.2 Å². The van der Waals surface area contributed by atoms with Crippen LogP contribution in [0, 0.1) is 0 Å². The molecule has 0 aromatic heterocycles. The van der Waals surface area contributed by atoms with Gasteiger partial charge in [0.1, 0.15) is 5.76 Å². The van der Waals surface area contributed by atoms with Crippen molar-refractivity contribution in [1.82, 2.24) is 0 Å². The molecule has 1 nitrogen and oxygen atoms in total. The Bertz CT molecular complexity index is 197. The van der Waals surface area contributed by atoms with Crippen molar-refractivity contribution in [2.24, 2.45) is 0 Å². The van der Waals surface area contributed by atoms with Crippen LogP contribution in [0.5, 0.6) is 0 Å². The third-order valence-electron chi connectivity index (χ3n) is 1.55. The average molecular weight is 136 g/mol. The third-order valence-corrected chi connectivity index (χ3v) is 1.55. The highest BCUT2D eigenvalue weighted by atomic mass is 16.5. The van der Waals surface area contributed by atoms with Gasteiger partial charge < -0.3 is 4.74 Å². The molecule has 0 amide bonds. The molecule has 0 bridgehead atoms. The Balaban J connectivity index is 2.79. The van der Waals surface area contributed by atoms with Gasteiger partial charge in [-0.25, -0.2) is 0 Å². The minimum absolute atomic E-state index is 0.987. The molecule has 10 heavy (non-hydrogen) atoms. The van der Waals surface area contributed by atoms with Crippen LogP contribution in [0.2, 0.25) is 0 Å². The maximum absolute atomic E-state index is 5.14. The Morgan fingerprint density at radius 2 is 2.40 bits per heavy atom. The smallest absolute Gasteiger partial charge is 0.122 e. The lowest BCUT2D eigenvalue weighted by molar-refractivity contribution is 0.300. The summed E-state index contributed by atoms with van der Waals surface area (Å²) in [7, 11) is 1.70. The molecule has 0 heterocycles. The van der Waals surface area contributed by atoms with Crippen LogP contribution in [0.4, 0.5) is 0 Å². The van der Waals surface area contributed by atoms with Crippen molar-refractivity contribution < 1.29 is 4.74 Å². The molecular formula is C9H12O. The lowest BCUT2D eigenvalue weighted by Gasteiger charge is -2.09. The van der Waals surface area contributed by atoms with Crippen molar-refractivity contribution in [1.29, 1.82) is 0 Å². The Hall–Kier alpha value is -0.980. The molecule has 0 aliphatic heterocycles. The SMILES string of the molecule is C/C=C1/C=CCC=C1OC. The largest absolute Gasteiger partial charge is 0.496 e. The molecule has 0 fully saturated rings. The van der Waals surface area contributed by atoms with E-state index in [1.54, 1.807) is 7.11 Å². The lowest BCUT2D eigenvalue weighted by atomic mass is 10.1. The number of rotatable bonds is 1. The highest BCUT2D eigenvalue weighted by Gasteiger charge is 2.02. The van der Waals surface area contributed by atoms with E-state index in [0.717, 1.165) is 12.2 Å². The second-order valence-electron chi connectivity index (χ2n) is 2.15. The minimum atomic E-state index is 0.987. The molecular weight excluding hydrogens is 124 g/mol. The average Bonchev–Trinajstić information content (AvgIpc) is 2.04. The molecule has 0 N–H and O–H groups in total. The molecule has 54 valence electrons. The van der Waals surface area contributed by atoms with Gasteiger partial charge in [0.25, 0.3) is 0 Å². The Morgan fingerprint density at radius 3 is 2.90 bits per heavy atom. The second kappa shape index (κ2) is 3.25. The van der Waals surface area contributed by atoms with Gasteiger partial charge in [-0.3, -0.25) is 0 Å². The van der Waals surface area contributed by atoms with Crippen LogP contribution in [0.15, 0.2) is 35.6 Å². The fourth-order valence-electron chi connectivity index (χ4n) is 1.01. The van der Waals surface area contributed by atoms with Crippen LogP contribution >= 0.6 is 0 Å². The summed E-state index contributed by atoms with van der Waals surface area (Å²) in [6.07, 6.45) is 9.32. The van der Waals surface area contributed by atoms with Gasteiger partial charge in [-0.2, -0.15) is 0 Å². The molecule has 0 aromatic rings. The first kappa shape index (κ1) is 7.13. The van der Waals surface area contributed by atoms with Crippen molar-refractivity contribution in [3.05, 3.63) is 35.6 Å². The molecule has 1 aliphatic carbocycles. The van der Waals surface area contributed by atoms with Gasteiger partial charge in [-0.05, 0) is 19.4 Å². The Kier molecular flexibility index (Phi) is 2.32. The van der Waals surface area contributed by atoms with Crippen molar-refractivity contribution >= 4 is 0 Å². The summed E-state index contributed by atoms with van der Waals surface area (Å²) in [4.78, 5) is 0. The van der Waals surface area contributed by atoms with Crippen LogP contribution < -0.4 is 0 Å². The topological polar surface area (TPSA) is 9.23 Å². The van der Waals surface area contributed by atoms with E-state index in [-0.39, 0.29) is 0 Å². The van der Waals surface area contributed by atoms with Crippen molar-refractivity contribution in [3.8, 4) is 0 Å². The molecule has 0 saturated heterocycles. The van der Waals surface area contributed by atoms with Crippen LogP contribution in [0.1, 0.15) is 13.3 Å². The molecule has 0 spiro atoms. The quantitative estimate of drug-likeness (QED) is 0.538. The number of hydrogen-bond acceptors (Lipinski definition) is 1. The van der Waals surface area contributed by atoms with E-state index < -0.39 is 0 Å². The molecule has 0 atom stereocenters. The monoisotopic (exact) mass is 136 g/mol. The molecule has 0 radical (unpaired) electrons. The predicted octanol–water partition coefficient (Wildman–Crippen LogP) is 2.42. The summed E-state index contributed by atoms with van der Waals surface area (Å²) in [6, 6.07) is 0. The van der Waals surface area contributed by atoms with Crippen LogP contribution in [0.3, 0.4) is 0 Å². The van der Waals surface area contributed by atoms with E-state index in [2.05, 4.69) is 18.2 Å². The molecule has 0 saturated carbocycles. The number of ether oxygens (including phenoxy) is 1. The fourth-order valence-corrected chi connectivity index (χ4v) is 1.01. The van der Waals surface area contributed by atoms with Crippen LogP contribution in [0.25, 0.3) is 0 Å². The first-order valence-corrected chi connectivity index (χ1v) is 3.46. The lowest BCUT2D eigenvalue weighted by Crippen LogP contribution is -1.92. The summed E-state index contributed by atoms with van der Waals surface area (Å²) in [5.74, 6) is 0.991. The predicted molar refractivity (Wildman–Crippen MR) is 42.6 cm³/mol.